The molecule has 0 fully saturated rings. The molecule has 4 heteroatoms. The fraction of sp³-hybridized carbons (Fsp3) is 0.889. The Kier molecular flexibility index (Phi) is 5.46. The maximum Gasteiger partial charge on any atom is 0.408 e. The molecule has 0 radical (unpaired) electrons. The number of carboxylic acid groups (broad SMARTS) is 1. The van der Waals surface area contributed by atoms with Crippen LogP contribution in [0.15, 0.2) is 0 Å². The highest BCUT2D eigenvalue weighted by atomic mass is 16.4. The SMILES string of the molecule is CCCC(C)N(C(=O)O)C(N)CC. The standard InChI is InChI=1S/C9H20N2O2/c1-4-6-7(3)11(9(12)13)8(10)5-2/h7-8H,4-6,10H2,1-3H3,(H,12,13). The zero-order valence-corrected chi connectivity index (χ0v) is 8.66. The normalized spacial score (nSPS) is 15.1. The molecule has 4 nitrogen and oxygen atoms in total. The van der Waals surface area contributed by atoms with Crippen molar-refractivity contribution in [3.05, 3.63) is 0 Å². The lowest BCUT2D eigenvalue weighted by molar-refractivity contribution is 0.0994. The maximum absolute atomic E-state index is 10.9. The fourth-order valence-electron chi connectivity index (χ4n) is 1.41. The van der Waals surface area contributed by atoms with Crippen LogP contribution >= 0.6 is 0 Å². The number of nitrogens with two attached hydrogens (primary N) is 1. The highest BCUT2D eigenvalue weighted by Gasteiger charge is 2.23. The first-order chi connectivity index (χ1) is 6.04. The Morgan fingerprint density at radius 3 is 2.38 bits per heavy atom. The van der Waals surface area contributed by atoms with Gasteiger partial charge in [0.05, 0.1) is 6.17 Å². The molecule has 78 valence electrons. The summed E-state index contributed by atoms with van der Waals surface area (Å²) in [5.41, 5.74) is 5.69. The Hall–Kier alpha value is -0.770. The summed E-state index contributed by atoms with van der Waals surface area (Å²) < 4.78 is 0. The summed E-state index contributed by atoms with van der Waals surface area (Å²) in [4.78, 5) is 12.2. The van der Waals surface area contributed by atoms with Gasteiger partial charge in [-0.1, -0.05) is 20.3 Å². The number of hydrogen-bond donors (Lipinski definition) is 2. The third kappa shape index (κ3) is 3.63. The Morgan fingerprint density at radius 1 is 1.54 bits per heavy atom. The van der Waals surface area contributed by atoms with Gasteiger partial charge in [-0.15, -0.1) is 0 Å². The minimum absolute atomic E-state index is 0.0115. The van der Waals surface area contributed by atoms with Crippen molar-refractivity contribution in [2.45, 2.75) is 52.2 Å². The monoisotopic (exact) mass is 188 g/mol. The molecule has 0 bridgehead atoms. The van der Waals surface area contributed by atoms with Gasteiger partial charge in [0.25, 0.3) is 0 Å². The molecule has 2 unspecified atom stereocenters. The zero-order chi connectivity index (χ0) is 10.4. The fourth-order valence-corrected chi connectivity index (χ4v) is 1.41. The van der Waals surface area contributed by atoms with E-state index >= 15 is 0 Å². The van der Waals surface area contributed by atoms with Gasteiger partial charge in [0.15, 0.2) is 0 Å². The van der Waals surface area contributed by atoms with E-state index in [1.165, 1.54) is 4.90 Å². The molecule has 0 aliphatic heterocycles. The van der Waals surface area contributed by atoms with E-state index in [4.69, 9.17) is 10.8 Å². The van der Waals surface area contributed by atoms with Crippen molar-refractivity contribution in [2.24, 2.45) is 5.73 Å². The van der Waals surface area contributed by atoms with Crippen molar-refractivity contribution in [2.75, 3.05) is 0 Å². The van der Waals surface area contributed by atoms with Crippen LogP contribution in [0.5, 0.6) is 0 Å². The maximum atomic E-state index is 10.9. The molecule has 0 heterocycles. The lowest BCUT2D eigenvalue weighted by Gasteiger charge is -2.31. The molecule has 0 aromatic heterocycles. The van der Waals surface area contributed by atoms with Crippen LogP contribution in [0.25, 0.3) is 0 Å². The van der Waals surface area contributed by atoms with Crippen LogP contribution in [-0.2, 0) is 0 Å². The van der Waals surface area contributed by atoms with E-state index in [1.54, 1.807) is 0 Å². The van der Waals surface area contributed by atoms with Crippen molar-refractivity contribution in [3.8, 4) is 0 Å². The molecule has 0 saturated carbocycles. The van der Waals surface area contributed by atoms with Crippen LogP contribution in [0, 0.1) is 0 Å². The van der Waals surface area contributed by atoms with Gasteiger partial charge in [-0.05, 0) is 19.8 Å². The van der Waals surface area contributed by atoms with E-state index in [0.717, 1.165) is 12.8 Å². The van der Waals surface area contributed by atoms with Gasteiger partial charge in [0, 0.05) is 6.04 Å². The summed E-state index contributed by atoms with van der Waals surface area (Å²) >= 11 is 0. The Bertz CT molecular complexity index is 162. The number of rotatable bonds is 5. The van der Waals surface area contributed by atoms with Crippen LogP contribution < -0.4 is 5.73 Å². The van der Waals surface area contributed by atoms with Crippen molar-refractivity contribution < 1.29 is 9.90 Å². The second-order valence-corrected chi connectivity index (χ2v) is 3.30. The van der Waals surface area contributed by atoms with Crippen molar-refractivity contribution in [1.29, 1.82) is 0 Å². The van der Waals surface area contributed by atoms with E-state index in [9.17, 15) is 4.79 Å². The molecule has 13 heavy (non-hydrogen) atoms. The molecule has 1 amide bonds. The molecule has 0 aromatic carbocycles. The van der Waals surface area contributed by atoms with E-state index in [1.807, 2.05) is 20.8 Å². The summed E-state index contributed by atoms with van der Waals surface area (Å²) in [5, 5.41) is 8.92. The summed E-state index contributed by atoms with van der Waals surface area (Å²) in [6.45, 7) is 5.82. The van der Waals surface area contributed by atoms with Gasteiger partial charge in [-0.25, -0.2) is 4.79 Å². The molecule has 0 saturated heterocycles. The number of hydrogen-bond acceptors (Lipinski definition) is 2. The summed E-state index contributed by atoms with van der Waals surface area (Å²) in [6, 6.07) is 0.0115. The first-order valence-electron chi connectivity index (χ1n) is 4.81. The molecule has 0 aliphatic carbocycles. The van der Waals surface area contributed by atoms with Crippen LogP contribution in [0.4, 0.5) is 4.79 Å². The Labute approximate surface area is 79.7 Å². The first kappa shape index (κ1) is 12.2. The van der Waals surface area contributed by atoms with Crippen LogP contribution in [0.2, 0.25) is 0 Å². The summed E-state index contributed by atoms with van der Waals surface area (Å²) in [7, 11) is 0. The van der Waals surface area contributed by atoms with Gasteiger partial charge >= 0.3 is 6.09 Å². The lowest BCUT2D eigenvalue weighted by atomic mass is 10.1. The molecule has 3 N–H and O–H groups in total. The van der Waals surface area contributed by atoms with E-state index in [-0.39, 0.29) is 12.2 Å². The van der Waals surface area contributed by atoms with Gasteiger partial charge in [0.1, 0.15) is 0 Å². The molecular weight excluding hydrogens is 168 g/mol. The number of nitrogens with zero attached hydrogens (tertiary/aromatic N) is 1. The Balaban J connectivity index is 4.31. The molecule has 0 aliphatic rings. The predicted octanol–water partition coefficient (Wildman–Crippen LogP) is 1.85. The Morgan fingerprint density at radius 2 is 2.08 bits per heavy atom. The lowest BCUT2D eigenvalue weighted by Crippen LogP contribution is -2.49. The predicted molar refractivity (Wildman–Crippen MR) is 52.5 cm³/mol. The van der Waals surface area contributed by atoms with Crippen molar-refractivity contribution in [3.63, 3.8) is 0 Å². The van der Waals surface area contributed by atoms with Gasteiger partial charge < -0.3 is 10.8 Å². The van der Waals surface area contributed by atoms with Crippen molar-refractivity contribution >= 4 is 6.09 Å². The summed E-state index contributed by atoms with van der Waals surface area (Å²) in [5.74, 6) is 0. The van der Waals surface area contributed by atoms with E-state index in [0.29, 0.717) is 6.42 Å². The zero-order valence-electron chi connectivity index (χ0n) is 8.66. The van der Waals surface area contributed by atoms with Gasteiger partial charge in [-0.3, -0.25) is 4.90 Å². The van der Waals surface area contributed by atoms with Crippen molar-refractivity contribution in [1.82, 2.24) is 4.90 Å². The van der Waals surface area contributed by atoms with Gasteiger partial charge in [0.2, 0.25) is 0 Å². The average Bonchev–Trinajstić information content (AvgIpc) is 2.04. The highest BCUT2D eigenvalue weighted by molar-refractivity contribution is 5.65. The molecular formula is C9H20N2O2. The minimum atomic E-state index is -0.921. The highest BCUT2D eigenvalue weighted by Crippen LogP contribution is 2.10. The van der Waals surface area contributed by atoms with Crippen LogP contribution in [0.1, 0.15) is 40.0 Å². The molecule has 0 aromatic rings. The molecule has 0 spiro atoms. The third-order valence-electron chi connectivity index (χ3n) is 2.18. The minimum Gasteiger partial charge on any atom is -0.465 e. The molecule has 0 rings (SSSR count). The first-order valence-corrected chi connectivity index (χ1v) is 4.81. The smallest absolute Gasteiger partial charge is 0.408 e. The topological polar surface area (TPSA) is 66.6 Å². The quantitative estimate of drug-likeness (QED) is 0.647. The van der Waals surface area contributed by atoms with Crippen LogP contribution in [-0.4, -0.2) is 28.3 Å². The van der Waals surface area contributed by atoms with Gasteiger partial charge in [-0.2, -0.15) is 0 Å². The third-order valence-corrected chi connectivity index (χ3v) is 2.18. The number of amides is 1. The largest absolute Gasteiger partial charge is 0.465 e. The molecule has 2 atom stereocenters. The second-order valence-electron chi connectivity index (χ2n) is 3.30. The van der Waals surface area contributed by atoms with Crippen LogP contribution in [0.3, 0.4) is 0 Å². The second kappa shape index (κ2) is 5.80. The van der Waals surface area contributed by atoms with E-state index < -0.39 is 6.09 Å². The van der Waals surface area contributed by atoms with E-state index in [2.05, 4.69) is 0 Å². The summed E-state index contributed by atoms with van der Waals surface area (Å²) in [6.07, 6.45) is 1.19. The number of carbonyl (C=O) groups is 1. The average molecular weight is 188 g/mol.